The lowest BCUT2D eigenvalue weighted by Gasteiger charge is -2.37. The maximum Gasteiger partial charge on any atom is 0.303 e. The molecule has 2 atom stereocenters. The third-order valence-corrected chi connectivity index (χ3v) is 6.38. The fourth-order valence-electron chi connectivity index (χ4n) is 4.62. The van der Waals surface area contributed by atoms with E-state index in [2.05, 4.69) is 28.0 Å². The van der Waals surface area contributed by atoms with Crippen molar-refractivity contribution in [3.63, 3.8) is 0 Å². The molecule has 4 rings (SSSR count). The van der Waals surface area contributed by atoms with Crippen LogP contribution in [0.5, 0.6) is 5.75 Å². The molecule has 0 bridgehead atoms. The maximum absolute atomic E-state index is 15.0. The lowest BCUT2D eigenvalue weighted by atomic mass is 9.89. The van der Waals surface area contributed by atoms with E-state index in [1.165, 1.54) is 6.07 Å². The number of carboxylic acid groups (broad SMARTS) is 1. The van der Waals surface area contributed by atoms with Gasteiger partial charge in [0.1, 0.15) is 17.6 Å². The normalized spacial score (nSPS) is 18.2. The molecule has 8 nitrogen and oxygen atoms in total. The van der Waals surface area contributed by atoms with Crippen molar-refractivity contribution in [2.24, 2.45) is 5.92 Å². The Morgan fingerprint density at radius 2 is 2.14 bits per heavy atom. The first kappa shape index (κ1) is 25.3. The van der Waals surface area contributed by atoms with Crippen LogP contribution in [0.1, 0.15) is 51.2 Å². The highest BCUT2D eigenvalue weighted by Crippen LogP contribution is 2.30. The van der Waals surface area contributed by atoms with Gasteiger partial charge in [-0.1, -0.05) is 11.2 Å². The number of likely N-dealkylation sites (tertiary alicyclic amines) is 1. The van der Waals surface area contributed by atoms with Crippen LogP contribution < -0.4 is 4.74 Å². The van der Waals surface area contributed by atoms with Gasteiger partial charge in [0.05, 0.1) is 17.2 Å². The van der Waals surface area contributed by atoms with E-state index in [4.69, 9.17) is 14.4 Å². The zero-order valence-corrected chi connectivity index (χ0v) is 20.6. The van der Waals surface area contributed by atoms with Crippen molar-refractivity contribution in [3.8, 4) is 34.7 Å². The highest BCUT2D eigenvalue weighted by atomic mass is 19.1. The number of hydrogen-bond donors (Lipinski definition) is 1. The summed E-state index contributed by atoms with van der Waals surface area (Å²) < 4.78 is 26.0. The molecular formula is C27H29FN4O4. The molecule has 0 saturated carbocycles. The van der Waals surface area contributed by atoms with E-state index >= 15 is 4.39 Å². The fourth-order valence-corrected chi connectivity index (χ4v) is 4.62. The number of benzene rings is 2. The molecule has 2 unspecified atom stereocenters. The molecule has 3 aromatic rings. The number of halogens is 1. The lowest BCUT2D eigenvalue weighted by Crippen LogP contribution is -2.40. The second-order valence-corrected chi connectivity index (χ2v) is 9.53. The number of ether oxygens (including phenoxy) is 1. The second-order valence-electron chi connectivity index (χ2n) is 9.53. The Morgan fingerprint density at radius 1 is 1.33 bits per heavy atom. The minimum atomic E-state index is -0.759. The first-order valence-electron chi connectivity index (χ1n) is 12.0. The van der Waals surface area contributed by atoms with E-state index in [1.807, 2.05) is 19.9 Å². The van der Waals surface area contributed by atoms with E-state index in [0.717, 1.165) is 24.9 Å². The van der Waals surface area contributed by atoms with Gasteiger partial charge in [-0.3, -0.25) is 9.69 Å². The van der Waals surface area contributed by atoms with Crippen LogP contribution in [-0.2, 0) is 11.3 Å². The molecule has 1 aliphatic heterocycles. The molecule has 2 aromatic carbocycles. The van der Waals surface area contributed by atoms with Gasteiger partial charge >= 0.3 is 5.97 Å². The van der Waals surface area contributed by atoms with Crippen molar-refractivity contribution in [1.82, 2.24) is 15.0 Å². The van der Waals surface area contributed by atoms with Crippen LogP contribution in [-0.4, -0.2) is 44.8 Å². The number of rotatable bonds is 8. The van der Waals surface area contributed by atoms with Crippen molar-refractivity contribution in [3.05, 3.63) is 53.3 Å². The SMILES string of the molecule is CC(C)Oc1ccc(-c2nc(-c3ccc(CN4CCC(CC(=O)O)CC4C)cc3F)no2)cc1C#N. The van der Waals surface area contributed by atoms with Gasteiger partial charge in [0.25, 0.3) is 5.89 Å². The first-order valence-corrected chi connectivity index (χ1v) is 12.0. The Morgan fingerprint density at radius 3 is 2.81 bits per heavy atom. The average molecular weight is 493 g/mol. The van der Waals surface area contributed by atoms with Crippen molar-refractivity contribution in [2.75, 3.05) is 6.54 Å². The molecule has 0 radical (unpaired) electrons. The van der Waals surface area contributed by atoms with Crippen LogP contribution in [0.3, 0.4) is 0 Å². The molecule has 1 aliphatic rings. The Hall–Kier alpha value is -3.77. The third-order valence-electron chi connectivity index (χ3n) is 6.38. The summed E-state index contributed by atoms with van der Waals surface area (Å²) in [5, 5.41) is 22.4. The molecule has 1 aromatic heterocycles. The van der Waals surface area contributed by atoms with Gasteiger partial charge in [-0.2, -0.15) is 10.2 Å². The topological polar surface area (TPSA) is 112 Å². The van der Waals surface area contributed by atoms with E-state index in [9.17, 15) is 10.1 Å². The molecule has 36 heavy (non-hydrogen) atoms. The predicted octanol–water partition coefficient (Wildman–Crippen LogP) is 5.28. The maximum atomic E-state index is 15.0. The molecule has 1 fully saturated rings. The number of hydrogen-bond acceptors (Lipinski definition) is 7. The summed E-state index contributed by atoms with van der Waals surface area (Å²) >= 11 is 0. The molecule has 188 valence electrons. The molecule has 9 heteroatoms. The minimum Gasteiger partial charge on any atom is -0.490 e. The monoisotopic (exact) mass is 492 g/mol. The van der Waals surface area contributed by atoms with Crippen molar-refractivity contribution in [2.45, 2.75) is 58.7 Å². The Bertz CT molecular complexity index is 1280. The Kier molecular flexibility index (Phi) is 7.65. The van der Waals surface area contributed by atoms with Gasteiger partial charge in [-0.15, -0.1) is 0 Å². The van der Waals surface area contributed by atoms with Crippen molar-refractivity contribution >= 4 is 5.97 Å². The molecule has 0 spiro atoms. The van der Waals surface area contributed by atoms with E-state index in [0.29, 0.717) is 23.4 Å². The summed E-state index contributed by atoms with van der Waals surface area (Å²) in [7, 11) is 0. The minimum absolute atomic E-state index is 0.0733. The third kappa shape index (κ3) is 5.89. The Balaban J connectivity index is 1.46. The number of nitrogens with zero attached hydrogens (tertiary/aromatic N) is 4. The molecule has 2 heterocycles. The number of nitriles is 1. The average Bonchev–Trinajstić information content (AvgIpc) is 3.30. The highest BCUT2D eigenvalue weighted by Gasteiger charge is 2.27. The van der Waals surface area contributed by atoms with E-state index in [1.54, 1.807) is 24.3 Å². The molecule has 0 amide bonds. The standard InChI is InChI=1S/C27H29FN4O4/c1-16(2)35-24-7-5-20(13-21(24)14-29)27-30-26(31-36-27)22-6-4-19(11-23(22)28)15-32-9-8-18(10-17(32)3)12-25(33)34/h4-7,11,13,16-18H,8-10,12,15H2,1-3H3,(H,33,34). The van der Waals surface area contributed by atoms with Gasteiger partial charge < -0.3 is 14.4 Å². The largest absolute Gasteiger partial charge is 0.490 e. The van der Waals surface area contributed by atoms with Crippen LogP contribution >= 0.6 is 0 Å². The summed E-state index contributed by atoms with van der Waals surface area (Å²) in [5.41, 5.74) is 1.93. The quantitative estimate of drug-likeness (QED) is 0.452. The molecule has 0 aliphatic carbocycles. The number of aliphatic carboxylic acids is 1. The van der Waals surface area contributed by atoms with Crippen LogP contribution in [0.4, 0.5) is 4.39 Å². The molecule has 1 N–H and O–H groups in total. The van der Waals surface area contributed by atoms with Crippen LogP contribution in [0.25, 0.3) is 22.8 Å². The number of piperidine rings is 1. The summed E-state index contributed by atoms with van der Waals surface area (Å²) in [6, 6.07) is 12.3. The summed E-state index contributed by atoms with van der Waals surface area (Å²) in [6.45, 7) is 7.20. The number of aromatic nitrogens is 2. The highest BCUT2D eigenvalue weighted by molar-refractivity contribution is 5.67. The molecule has 1 saturated heterocycles. The van der Waals surface area contributed by atoms with Crippen LogP contribution in [0, 0.1) is 23.1 Å². The van der Waals surface area contributed by atoms with Gasteiger partial charge in [-0.05, 0) is 82.0 Å². The van der Waals surface area contributed by atoms with Crippen LogP contribution in [0.2, 0.25) is 0 Å². The summed E-state index contributed by atoms with van der Waals surface area (Å²) in [6.07, 6.45) is 1.76. The number of carbonyl (C=O) groups is 1. The lowest BCUT2D eigenvalue weighted by molar-refractivity contribution is -0.138. The van der Waals surface area contributed by atoms with Gasteiger partial charge in [0.2, 0.25) is 5.82 Å². The van der Waals surface area contributed by atoms with Crippen molar-refractivity contribution < 1.29 is 23.6 Å². The van der Waals surface area contributed by atoms with Gasteiger partial charge in [0, 0.05) is 24.6 Å². The van der Waals surface area contributed by atoms with E-state index < -0.39 is 11.8 Å². The predicted molar refractivity (Wildman–Crippen MR) is 130 cm³/mol. The van der Waals surface area contributed by atoms with Gasteiger partial charge in [-0.25, -0.2) is 4.39 Å². The summed E-state index contributed by atoms with van der Waals surface area (Å²) in [5.74, 6) is -0.254. The number of carboxylic acids is 1. The molecular weight excluding hydrogens is 463 g/mol. The summed E-state index contributed by atoms with van der Waals surface area (Å²) in [4.78, 5) is 17.6. The fraction of sp³-hybridized carbons (Fsp3) is 0.407. The first-order chi connectivity index (χ1) is 17.2. The zero-order chi connectivity index (χ0) is 25.8. The second kappa shape index (κ2) is 10.9. The zero-order valence-electron chi connectivity index (χ0n) is 20.6. The smallest absolute Gasteiger partial charge is 0.303 e. The van der Waals surface area contributed by atoms with Crippen molar-refractivity contribution in [1.29, 1.82) is 5.26 Å². The Labute approximate surface area is 209 Å². The van der Waals surface area contributed by atoms with E-state index in [-0.39, 0.29) is 41.8 Å². The van der Waals surface area contributed by atoms with Crippen LogP contribution in [0.15, 0.2) is 40.9 Å². The van der Waals surface area contributed by atoms with Gasteiger partial charge in [0.15, 0.2) is 0 Å².